The highest BCUT2D eigenvalue weighted by molar-refractivity contribution is 5.88. The number of hydrogen-bond acceptors (Lipinski definition) is 4. The molecule has 0 radical (unpaired) electrons. The van der Waals surface area contributed by atoms with Crippen LogP contribution in [0.1, 0.15) is 32.3 Å². The second kappa shape index (κ2) is 9.87. The summed E-state index contributed by atoms with van der Waals surface area (Å²) >= 11 is 0. The molecule has 1 aliphatic carbocycles. The second-order valence-electron chi connectivity index (χ2n) is 8.39. The maximum absolute atomic E-state index is 13.0. The van der Waals surface area contributed by atoms with Gasteiger partial charge in [0.15, 0.2) is 0 Å². The third kappa shape index (κ3) is 6.56. The standard InChI is InChI=1S/C22H32N4O3/c1-16(2)21(24-19(27)14-17-6-4-3-5-7-17)22(29)26-12-10-25(11-13-26)15-20(28)23-18-8-9-18/h3-7,16,18,21H,8-15H2,1-2H3,(H,23,28)(H,24,27)/t21-/m0/s1. The molecule has 2 fully saturated rings. The molecule has 0 spiro atoms. The van der Waals surface area contributed by atoms with Crippen molar-refractivity contribution in [1.82, 2.24) is 20.4 Å². The summed E-state index contributed by atoms with van der Waals surface area (Å²) in [7, 11) is 0. The van der Waals surface area contributed by atoms with Crippen LogP contribution in [0, 0.1) is 5.92 Å². The van der Waals surface area contributed by atoms with E-state index in [9.17, 15) is 14.4 Å². The summed E-state index contributed by atoms with van der Waals surface area (Å²) < 4.78 is 0. The molecule has 0 bridgehead atoms. The molecule has 7 nitrogen and oxygen atoms in total. The molecule has 2 aliphatic rings. The van der Waals surface area contributed by atoms with E-state index < -0.39 is 6.04 Å². The van der Waals surface area contributed by atoms with E-state index in [0.717, 1.165) is 18.4 Å². The highest BCUT2D eigenvalue weighted by atomic mass is 16.2. The zero-order valence-corrected chi connectivity index (χ0v) is 17.4. The number of amides is 3. The van der Waals surface area contributed by atoms with E-state index in [0.29, 0.717) is 38.8 Å². The van der Waals surface area contributed by atoms with Gasteiger partial charge in [0.05, 0.1) is 13.0 Å². The summed E-state index contributed by atoms with van der Waals surface area (Å²) in [5.74, 6) is -0.104. The Kier molecular flexibility index (Phi) is 7.25. The number of piperazine rings is 1. The Bertz CT molecular complexity index is 710. The average Bonchev–Trinajstić information content (AvgIpc) is 3.50. The lowest BCUT2D eigenvalue weighted by Gasteiger charge is -2.37. The monoisotopic (exact) mass is 400 g/mol. The molecule has 2 N–H and O–H groups in total. The van der Waals surface area contributed by atoms with Crippen LogP contribution in [0.3, 0.4) is 0 Å². The van der Waals surface area contributed by atoms with Crippen molar-refractivity contribution in [2.24, 2.45) is 5.92 Å². The van der Waals surface area contributed by atoms with Gasteiger partial charge in [0.1, 0.15) is 6.04 Å². The molecule has 29 heavy (non-hydrogen) atoms. The van der Waals surface area contributed by atoms with E-state index in [4.69, 9.17) is 0 Å². The first kappa shape index (κ1) is 21.3. The predicted octanol–water partition coefficient (Wildman–Crippen LogP) is 0.793. The highest BCUT2D eigenvalue weighted by Crippen LogP contribution is 2.18. The molecule has 158 valence electrons. The fourth-order valence-electron chi connectivity index (χ4n) is 3.55. The largest absolute Gasteiger partial charge is 0.352 e. The van der Waals surface area contributed by atoms with Crippen LogP contribution in [0.2, 0.25) is 0 Å². The Hall–Kier alpha value is -2.41. The smallest absolute Gasteiger partial charge is 0.245 e. The lowest BCUT2D eigenvalue weighted by Crippen LogP contribution is -2.57. The van der Waals surface area contributed by atoms with E-state index in [1.165, 1.54) is 0 Å². The number of nitrogens with zero attached hydrogens (tertiary/aromatic N) is 2. The van der Waals surface area contributed by atoms with Crippen LogP contribution in [-0.2, 0) is 20.8 Å². The Labute approximate surface area is 172 Å². The van der Waals surface area contributed by atoms with E-state index in [1.807, 2.05) is 49.1 Å². The molecule has 0 unspecified atom stereocenters. The normalized spacial score (nSPS) is 18.4. The van der Waals surface area contributed by atoms with E-state index in [2.05, 4.69) is 15.5 Å². The molecule has 7 heteroatoms. The molecule has 1 heterocycles. The van der Waals surface area contributed by atoms with Gasteiger partial charge in [-0.1, -0.05) is 44.2 Å². The molecule has 1 atom stereocenters. The number of carbonyl (C=O) groups is 3. The van der Waals surface area contributed by atoms with Crippen molar-refractivity contribution in [2.75, 3.05) is 32.7 Å². The highest BCUT2D eigenvalue weighted by Gasteiger charge is 2.31. The van der Waals surface area contributed by atoms with E-state index in [1.54, 1.807) is 0 Å². The van der Waals surface area contributed by atoms with Crippen molar-refractivity contribution >= 4 is 17.7 Å². The van der Waals surface area contributed by atoms with Gasteiger partial charge >= 0.3 is 0 Å². The SMILES string of the molecule is CC(C)[C@H](NC(=O)Cc1ccccc1)C(=O)N1CCN(CC(=O)NC2CC2)CC1. The first-order valence-electron chi connectivity index (χ1n) is 10.6. The average molecular weight is 401 g/mol. The first-order chi connectivity index (χ1) is 13.9. The lowest BCUT2D eigenvalue weighted by molar-refractivity contribution is -0.139. The van der Waals surface area contributed by atoms with Crippen LogP contribution in [0.5, 0.6) is 0 Å². The number of carbonyl (C=O) groups excluding carboxylic acids is 3. The molecule has 1 saturated carbocycles. The number of nitrogens with one attached hydrogen (secondary N) is 2. The molecular formula is C22H32N4O3. The minimum Gasteiger partial charge on any atom is -0.352 e. The number of rotatable bonds is 8. The van der Waals surface area contributed by atoms with Gasteiger partial charge in [0.25, 0.3) is 0 Å². The van der Waals surface area contributed by atoms with Crippen molar-refractivity contribution in [3.8, 4) is 0 Å². The Balaban J connectivity index is 1.47. The van der Waals surface area contributed by atoms with Gasteiger partial charge in [-0.3, -0.25) is 19.3 Å². The topological polar surface area (TPSA) is 81.8 Å². The van der Waals surface area contributed by atoms with Gasteiger partial charge in [-0.2, -0.15) is 0 Å². The van der Waals surface area contributed by atoms with Gasteiger partial charge in [0, 0.05) is 32.2 Å². The summed E-state index contributed by atoms with van der Waals surface area (Å²) in [5, 5.41) is 5.93. The summed E-state index contributed by atoms with van der Waals surface area (Å²) in [4.78, 5) is 41.3. The van der Waals surface area contributed by atoms with Crippen LogP contribution in [-0.4, -0.2) is 72.3 Å². The molecular weight excluding hydrogens is 368 g/mol. The molecule has 3 rings (SSSR count). The van der Waals surface area contributed by atoms with Gasteiger partial charge in [-0.25, -0.2) is 0 Å². The van der Waals surface area contributed by atoms with E-state index in [-0.39, 0.29) is 30.1 Å². The van der Waals surface area contributed by atoms with Crippen molar-refractivity contribution in [1.29, 1.82) is 0 Å². The summed E-state index contributed by atoms with van der Waals surface area (Å²) in [5.41, 5.74) is 0.929. The second-order valence-corrected chi connectivity index (χ2v) is 8.39. The zero-order chi connectivity index (χ0) is 20.8. The fourth-order valence-corrected chi connectivity index (χ4v) is 3.55. The quantitative estimate of drug-likeness (QED) is 0.676. The third-order valence-electron chi connectivity index (χ3n) is 5.45. The van der Waals surface area contributed by atoms with Gasteiger partial charge in [-0.05, 0) is 24.3 Å². The molecule has 1 aromatic carbocycles. The Morgan fingerprint density at radius 2 is 1.66 bits per heavy atom. The van der Waals surface area contributed by atoms with E-state index >= 15 is 0 Å². The van der Waals surface area contributed by atoms with Crippen molar-refractivity contribution < 1.29 is 14.4 Å². The Morgan fingerprint density at radius 1 is 1.00 bits per heavy atom. The van der Waals surface area contributed by atoms with Crippen LogP contribution in [0.15, 0.2) is 30.3 Å². The molecule has 1 saturated heterocycles. The van der Waals surface area contributed by atoms with Crippen LogP contribution >= 0.6 is 0 Å². The van der Waals surface area contributed by atoms with Crippen molar-refractivity contribution in [2.45, 2.75) is 45.2 Å². The number of hydrogen-bond donors (Lipinski definition) is 2. The lowest BCUT2D eigenvalue weighted by atomic mass is 10.0. The summed E-state index contributed by atoms with van der Waals surface area (Å²) in [6.45, 7) is 6.79. The van der Waals surface area contributed by atoms with Crippen LogP contribution < -0.4 is 10.6 Å². The zero-order valence-electron chi connectivity index (χ0n) is 17.4. The minimum absolute atomic E-state index is 0.00423. The molecule has 1 aliphatic heterocycles. The fraction of sp³-hybridized carbons (Fsp3) is 0.591. The maximum atomic E-state index is 13.0. The maximum Gasteiger partial charge on any atom is 0.245 e. The Morgan fingerprint density at radius 3 is 2.24 bits per heavy atom. The first-order valence-corrected chi connectivity index (χ1v) is 10.6. The van der Waals surface area contributed by atoms with Crippen LogP contribution in [0.4, 0.5) is 0 Å². The summed E-state index contributed by atoms with van der Waals surface area (Å²) in [6, 6.07) is 9.37. The molecule has 1 aromatic rings. The van der Waals surface area contributed by atoms with Gasteiger partial charge in [0.2, 0.25) is 17.7 Å². The predicted molar refractivity (Wildman–Crippen MR) is 111 cm³/mol. The molecule has 0 aromatic heterocycles. The number of benzene rings is 1. The van der Waals surface area contributed by atoms with Gasteiger partial charge in [-0.15, -0.1) is 0 Å². The van der Waals surface area contributed by atoms with Crippen molar-refractivity contribution in [3.63, 3.8) is 0 Å². The minimum atomic E-state index is -0.532. The van der Waals surface area contributed by atoms with Gasteiger partial charge < -0.3 is 15.5 Å². The van der Waals surface area contributed by atoms with Crippen molar-refractivity contribution in [3.05, 3.63) is 35.9 Å². The van der Waals surface area contributed by atoms with Crippen LogP contribution in [0.25, 0.3) is 0 Å². The molecule has 3 amide bonds. The third-order valence-corrected chi connectivity index (χ3v) is 5.45. The summed E-state index contributed by atoms with van der Waals surface area (Å²) in [6.07, 6.45) is 2.43.